The first-order chi connectivity index (χ1) is 16.0. The molecule has 0 bridgehead atoms. The third kappa shape index (κ3) is 4.82. The van der Waals surface area contributed by atoms with Crippen molar-refractivity contribution in [3.63, 3.8) is 0 Å². The second-order valence-electron chi connectivity index (χ2n) is 8.14. The first-order valence-electron chi connectivity index (χ1n) is 11.0. The number of esters is 1. The number of ether oxygens (including phenoxy) is 1. The molecule has 1 saturated heterocycles. The predicted octanol–water partition coefficient (Wildman–Crippen LogP) is 4.24. The van der Waals surface area contributed by atoms with Gasteiger partial charge in [-0.3, -0.25) is 4.79 Å². The van der Waals surface area contributed by atoms with Crippen LogP contribution >= 0.6 is 0 Å². The SMILES string of the molecule is COC(=O)c1cccc(-n2c(C)cc(/C=N\NC(=O)c3ccc(N4CCCC4)cc3)c2C)c1. The highest BCUT2D eigenvalue weighted by Gasteiger charge is 2.14. The molecular formula is C26H28N4O3. The van der Waals surface area contributed by atoms with Gasteiger partial charge in [0.25, 0.3) is 5.91 Å². The van der Waals surface area contributed by atoms with E-state index >= 15 is 0 Å². The Balaban J connectivity index is 1.46. The summed E-state index contributed by atoms with van der Waals surface area (Å²) in [6.07, 6.45) is 4.07. The molecule has 1 aliphatic heterocycles. The summed E-state index contributed by atoms with van der Waals surface area (Å²) in [7, 11) is 1.37. The number of nitrogens with one attached hydrogen (secondary N) is 1. The predicted molar refractivity (Wildman–Crippen MR) is 130 cm³/mol. The maximum atomic E-state index is 12.5. The van der Waals surface area contributed by atoms with Gasteiger partial charge in [-0.1, -0.05) is 6.07 Å². The lowest BCUT2D eigenvalue weighted by Gasteiger charge is -2.17. The molecule has 1 fully saturated rings. The Morgan fingerprint density at radius 2 is 1.70 bits per heavy atom. The van der Waals surface area contributed by atoms with Crippen molar-refractivity contribution >= 4 is 23.8 Å². The first kappa shape index (κ1) is 22.3. The van der Waals surface area contributed by atoms with Gasteiger partial charge in [-0.2, -0.15) is 5.10 Å². The van der Waals surface area contributed by atoms with Crippen molar-refractivity contribution in [1.82, 2.24) is 9.99 Å². The number of benzene rings is 2. The van der Waals surface area contributed by atoms with Gasteiger partial charge >= 0.3 is 5.97 Å². The van der Waals surface area contributed by atoms with Crippen molar-refractivity contribution in [2.75, 3.05) is 25.1 Å². The number of carbonyl (C=O) groups excluding carboxylic acids is 2. The average molecular weight is 445 g/mol. The second kappa shape index (κ2) is 9.73. The summed E-state index contributed by atoms with van der Waals surface area (Å²) in [6, 6.07) is 16.9. The van der Waals surface area contributed by atoms with Gasteiger partial charge in [-0.15, -0.1) is 0 Å². The molecule has 1 amide bonds. The van der Waals surface area contributed by atoms with Crippen LogP contribution in [0.15, 0.2) is 59.7 Å². The largest absolute Gasteiger partial charge is 0.465 e. The zero-order chi connectivity index (χ0) is 23.4. The molecule has 0 unspecified atom stereocenters. The molecule has 0 saturated carbocycles. The van der Waals surface area contributed by atoms with Crippen LogP contribution < -0.4 is 10.3 Å². The minimum absolute atomic E-state index is 0.251. The summed E-state index contributed by atoms with van der Waals surface area (Å²) < 4.78 is 6.86. The fraction of sp³-hybridized carbons (Fsp3) is 0.269. The fourth-order valence-corrected chi connectivity index (χ4v) is 4.23. The summed E-state index contributed by atoms with van der Waals surface area (Å²) in [5.74, 6) is -0.629. The molecule has 4 rings (SSSR count). The molecule has 1 N–H and O–H groups in total. The standard InChI is InChI=1S/C26H28N4O3/c1-18-15-22(19(2)30(18)24-8-6-7-21(16-24)26(32)33-3)17-27-28-25(31)20-9-11-23(12-10-20)29-13-4-5-14-29/h6-12,15-17H,4-5,13-14H2,1-3H3,(H,28,31)/b27-17-. The molecule has 33 heavy (non-hydrogen) atoms. The van der Waals surface area contributed by atoms with Crippen molar-refractivity contribution in [1.29, 1.82) is 0 Å². The number of amides is 1. The first-order valence-corrected chi connectivity index (χ1v) is 11.0. The van der Waals surface area contributed by atoms with Crippen molar-refractivity contribution in [2.45, 2.75) is 26.7 Å². The van der Waals surface area contributed by atoms with Crippen LogP contribution in [0, 0.1) is 13.8 Å². The Bertz CT molecular complexity index is 1190. The molecule has 0 spiro atoms. The van der Waals surface area contributed by atoms with Crippen LogP contribution in [0.5, 0.6) is 0 Å². The van der Waals surface area contributed by atoms with Gasteiger partial charge in [0, 0.05) is 47.0 Å². The highest BCUT2D eigenvalue weighted by molar-refractivity contribution is 5.95. The monoisotopic (exact) mass is 444 g/mol. The summed E-state index contributed by atoms with van der Waals surface area (Å²) in [5.41, 5.74) is 8.48. The lowest BCUT2D eigenvalue weighted by atomic mass is 10.2. The van der Waals surface area contributed by atoms with Crippen LogP contribution in [-0.4, -0.2) is 42.9 Å². The molecule has 2 heterocycles. The van der Waals surface area contributed by atoms with Gasteiger partial charge in [0.2, 0.25) is 0 Å². The molecule has 0 radical (unpaired) electrons. The highest BCUT2D eigenvalue weighted by atomic mass is 16.5. The number of carbonyl (C=O) groups is 2. The summed E-state index contributed by atoms with van der Waals surface area (Å²) in [5, 5.41) is 4.16. The van der Waals surface area contributed by atoms with Crippen LogP contribution in [0.4, 0.5) is 5.69 Å². The van der Waals surface area contributed by atoms with E-state index in [4.69, 9.17) is 4.74 Å². The number of nitrogens with zero attached hydrogens (tertiary/aromatic N) is 3. The van der Waals surface area contributed by atoms with E-state index in [1.54, 1.807) is 18.3 Å². The van der Waals surface area contributed by atoms with Crippen LogP contribution in [-0.2, 0) is 4.74 Å². The van der Waals surface area contributed by atoms with Gasteiger partial charge < -0.3 is 14.2 Å². The number of methoxy groups -OCH3 is 1. The number of anilines is 1. The molecule has 2 aromatic carbocycles. The topological polar surface area (TPSA) is 75.9 Å². The normalized spacial score (nSPS) is 13.5. The van der Waals surface area contributed by atoms with E-state index in [0.717, 1.165) is 41.4 Å². The summed E-state index contributed by atoms with van der Waals surface area (Å²) in [4.78, 5) is 26.7. The van der Waals surface area contributed by atoms with E-state index < -0.39 is 0 Å². The van der Waals surface area contributed by atoms with Crippen LogP contribution in [0.25, 0.3) is 5.69 Å². The molecule has 3 aromatic rings. The lowest BCUT2D eigenvalue weighted by molar-refractivity contribution is 0.0600. The van der Waals surface area contributed by atoms with E-state index in [0.29, 0.717) is 11.1 Å². The summed E-state index contributed by atoms with van der Waals surface area (Å²) >= 11 is 0. The Kier molecular flexibility index (Phi) is 6.58. The third-order valence-electron chi connectivity index (χ3n) is 5.97. The molecule has 7 heteroatoms. The van der Waals surface area contributed by atoms with Gasteiger partial charge in [0.1, 0.15) is 0 Å². The number of hydrogen-bond donors (Lipinski definition) is 1. The fourth-order valence-electron chi connectivity index (χ4n) is 4.23. The van der Waals surface area contributed by atoms with Crippen LogP contribution in [0.1, 0.15) is 50.5 Å². The average Bonchev–Trinajstić information content (AvgIpc) is 3.47. The Labute approximate surface area is 193 Å². The molecule has 0 aliphatic carbocycles. The van der Waals surface area contributed by atoms with Crippen molar-refractivity contribution in [3.05, 3.63) is 82.7 Å². The maximum Gasteiger partial charge on any atom is 0.337 e. The minimum Gasteiger partial charge on any atom is -0.465 e. The quantitative estimate of drug-likeness (QED) is 0.350. The van der Waals surface area contributed by atoms with Crippen molar-refractivity contribution < 1.29 is 14.3 Å². The summed E-state index contributed by atoms with van der Waals surface area (Å²) in [6.45, 7) is 6.09. The van der Waals surface area contributed by atoms with Crippen LogP contribution in [0.2, 0.25) is 0 Å². The minimum atomic E-state index is -0.378. The molecular weight excluding hydrogens is 416 g/mol. The smallest absolute Gasteiger partial charge is 0.337 e. The van der Waals surface area contributed by atoms with E-state index in [-0.39, 0.29) is 11.9 Å². The van der Waals surface area contributed by atoms with E-state index in [1.165, 1.54) is 20.0 Å². The van der Waals surface area contributed by atoms with Gasteiger partial charge in [-0.05, 0) is 75.2 Å². The number of aromatic nitrogens is 1. The number of hydrogen-bond acceptors (Lipinski definition) is 5. The number of aryl methyl sites for hydroxylation is 1. The Morgan fingerprint density at radius 3 is 2.39 bits per heavy atom. The lowest BCUT2D eigenvalue weighted by Crippen LogP contribution is -2.19. The van der Waals surface area contributed by atoms with Gasteiger partial charge in [0.05, 0.1) is 18.9 Å². The molecule has 1 aromatic heterocycles. The maximum absolute atomic E-state index is 12.5. The molecule has 170 valence electrons. The highest BCUT2D eigenvalue weighted by Crippen LogP contribution is 2.22. The molecule has 0 atom stereocenters. The zero-order valence-electron chi connectivity index (χ0n) is 19.2. The van der Waals surface area contributed by atoms with Crippen molar-refractivity contribution in [2.24, 2.45) is 5.10 Å². The Morgan fingerprint density at radius 1 is 0.970 bits per heavy atom. The van der Waals surface area contributed by atoms with Crippen molar-refractivity contribution in [3.8, 4) is 5.69 Å². The second-order valence-corrected chi connectivity index (χ2v) is 8.14. The van der Waals surface area contributed by atoms with Crippen LogP contribution in [0.3, 0.4) is 0 Å². The van der Waals surface area contributed by atoms with E-state index in [2.05, 4.69) is 15.4 Å². The molecule has 7 nitrogen and oxygen atoms in total. The zero-order valence-corrected chi connectivity index (χ0v) is 19.2. The third-order valence-corrected chi connectivity index (χ3v) is 5.97. The van der Waals surface area contributed by atoms with Gasteiger partial charge in [-0.25, -0.2) is 10.2 Å². The number of rotatable bonds is 6. The molecule has 1 aliphatic rings. The number of hydrazone groups is 1. The van der Waals surface area contributed by atoms with Gasteiger partial charge in [0.15, 0.2) is 0 Å². The van der Waals surface area contributed by atoms with E-state index in [9.17, 15) is 9.59 Å². The van der Waals surface area contributed by atoms with E-state index in [1.807, 2.05) is 60.9 Å². The Hall–Kier alpha value is -3.87.